The Hall–Kier alpha value is -1.80. The van der Waals surface area contributed by atoms with Crippen molar-refractivity contribution in [3.8, 4) is 11.5 Å². The number of benzene rings is 1. The first-order valence-electron chi connectivity index (χ1n) is 8.84. The molecule has 1 N–H and O–H groups in total. The molecular formula is C18H26N2O5S. The van der Waals surface area contributed by atoms with Gasteiger partial charge in [-0.1, -0.05) is 6.07 Å². The van der Waals surface area contributed by atoms with Gasteiger partial charge in [0.2, 0.25) is 15.9 Å². The van der Waals surface area contributed by atoms with Gasteiger partial charge in [0.05, 0.1) is 11.7 Å². The minimum Gasteiger partial charge on any atom is -0.486 e. The average molecular weight is 382 g/mol. The molecule has 1 aromatic carbocycles. The standard InChI is InChI=1S/C18H26N2O5S/c1-18(2,13-6-7-15-16(11-13)25-10-9-24-15)17(21)19-14-5-4-8-20(12-14)26(3,22)23/h6-7,11,14H,4-5,8-10,12H2,1-3H3,(H,19,21). The first-order chi connectivity index (χ1) is 12.2. The Balaban J connectivity index is 1.72. The second kappa shape index (κ2) is 7.08. The van der Waals surface area contributed by atoms with E-state index in [0.29, 0.717) is 37.8 Å². The Morgan fingerprint density at radius 2 is 1.92 bits per heavy atom. The number of hydrogen-bond donors (Lipinski definition) is 1. The van der Waals surface area contributed by atoms with Gasteiger partial charge >= 0.3 is 0 Å². The lowest BCUT2D eigenvalue weighted by atomic mass is 9.83. The molecule has 8 heteroatoms. The molecule has 1 amide bonds. The molecule has 0 radical (unpaired) electrons. The summed E-state index contributed by atoms with van der Waals surface area (Å²) in [6.45, 7) is 5.55. The molecule has 0 bridgehead atoms. The van der Waals surface area contributed by atoms with Crippen LogP contribution >= 0.6 is 0 Å². The topological polar surface area (TPSA) is 84.9 Å². The van der Waals surface area contributed by atoms with E-state index >= 15 is 0 Å². The lowest BCUT2D eigenvalue weighted by Crippen LogP contribution is -2.52. The van der Waals surface area contributed by atoms with E-state index in [9.17, 15) is 13.2 Å². The third-order valence-corrected chi connectivity index (χ3v) is 6.29. The van der Waals surface area contributed by atoms with Gasteiger partial charge in [0.15, 0.2) is 11.5 Å². The number of carbonyl (C=O) groups excluding carboxylic acids is 1. The molecule has 1 unspecified atom stereocenters. The SMILES string of the molecule is CC(C)(C(=O)NC1CCCN(S(C)(=O)=O)C1)c1ccc2c(c1)OCCO2. The van der Waals surface area contributed by atoms with Crippen molar-refractivity contribution in [2.24, 2.45) is 0 Å². The molecule has 0 aromatic heterocycles. The number of sulfonamides is 1. The molecule has 2 heterocycles. The number of ether oxygens (including phenoxy) is 2. The maximum absolute atomic E-state index is 12.9. The lowest BCUT2D eigenvalue weighted by Gasteiger charge is -2.34. The Labute approximate surface area is 154 Å². The fourth-order valence-electron chi connectivity index (χ4n) is 3.29. The van der Waals surface area contributed by atoms with E-state index in [4.69, 9.17) is 9.47 Å². The molecule has 2 aliphatic rings. The summed E-state index contributed by atoms with van der Waals surface area (Å²) in [5.74, 6) is 1.21. The van der Waals surface area contributed by atoms with E-state index in [0.717, 1.165) is 18.4 Å². The van der Waals surface area contributed by atoms with Crippen LogP contribution in [-0.2, 0) is 20.2 Å². The Morgan fingerprint density at radius 3 is 2.62 bits per heavy atom. The number of rotatable bonds is 4. The second-order valence-electron chi connectivity index (χ2n) is 7.42. The summed E-state index contributed by atoms with van der Waals surface area (Å²) < 4.78 is 36.1. The van der Waals surface area contributed by atoms with Gasteiger partial charge in [0, 0.05) is 19.1 Å². The quantitative estimate of drug-likeness (QED) is 0.848. The van der Waals surface area contributed by atoms with Gasteiger partial charge in [-0.15, -0.1) is 0 Å². The van der Waals surface area contributed by atoms with Crippen molar-refractivity contribution in [1.82, 2.24) is 9.62 Å². The number of hydrogen-bond acceptors (Lipinski definition) is 5. The third-order valence-electron chi connectivity index (χ3n) is 5.02. The van der Waals surface area contributed by atoms with Crippen LogP contribution < -0.4 is 14.8 Å². The van der Waals surface area contributed by atoms with Gasteiger partial charge in [-0.25, -0.2) is 12.7 Å². The van der Waals surface area contributed by atoms with Gasteiger partial charge in [-0.2, -0.15) is 0 Å². The minimum absolute atomic E-state index is 0.130. The van der Waals surface area contributed by atoms with Crippen LogP contribution in [0.3, 0.4) is 0 Å². The van der Waals surface area contributed by atoms with Gasteiger partial charge in [0.1, 0.15) is 13.2 Å². The predicted molar refractivity (Wildman–Crippen MR) is 98.0 cm³/mol. The van der Waals surface area contributed by atoms with E-state index in [1.165, 1.54) is 10.6 Å². The van der Waals surface area contributed by atoms with Gasteiger partial charge in [0.25, 0.3) is 0 Å². The highest BCUT2D eigenvalue weighted by molar-refractivity contribution is 7.88. The molecule has 2 aliphatic heterocycles. The fraction of sp³-hybridized carbons (Fsp3) is 0.611. The first kappa shape index (κ1) is 19.0. The average Bonchev–Trinajstić information content (AvgIpc) is 2.60. The molecule has 1 fully saturated rings. The van der Waals surface area contributed by atoms with Crippen LogP contribution in [0.15, 0.2) is 18.2 Å². The zero-order valence-corrected chi connectivity index (χ0v) is 16.3. The van der Waals surface area contributed by atoms with Crippen LogP contribution in [0.1, 0.15) is 32.3 Å². The lowest BCUT2D eigenvalue weighted by molar-refractivity contribution is -0.126. The Morgan fingerprint density at radius 1 is 1.23 bits per heavy atom. The van der Waals surface area contributed by atoms with Crippen molar-refractivity contribution in [1.29, 1.82) is 0 Å². The van der Waals surface area contributed by atoms with Crippen LogP contribution in [0, 0.1) is 0 Å². The molecule has 3 rings (SSSR count). The Bertz CT molecular complexity index is 791. The summed E-state index contributed by atoms with van der Waals surface area (Å²) in [7, 11) is -3.24. The molecule has 1 aromatic rings. The molecule has 1 atom stereocenters. The predicted octanol–water partition coefficient (Wildman–Crippen LogP) is 1.28. The highest BCUT2D eigenvalue weighted by atomic mass is 32.2. The summed E-state index contributed by atoms with van der Waals surface area (Å²) in [6.07, 6.45) is 2.72. The van der Waals surface area contributed by atoms with Crippen LogP contribution in [0.5, 0.6) is 11.5 Å². The number of nitrogens with zero attached hydrogens (tertiary/aromatic N) is 1. The largest absolute Gasteiger partial charge is 0.486 e. The van der Waals surface area contributed by atoms with Crippen molar-refractivity contribution in [2.45, 2.75) is 38.1 Å². The molecule has 0 aliphatic carbocycles. The normalized spacial score (nSPS) is 21.3. The number of carbonyl (C=O) groups is 1. The second-order valence-corrected chi connectivity index (χ2v) is 9.40. The highest BCUT2D eigenvalue weighted by Gasteiger charge is 2.34. The fourth-order valence-corrected chi connectivity index (χ4v) is 4.20. The van der Waals surface area contributed by atoms with Crippen LogP contribution in [0.25, 0.3) is 0 Å². The molecule has 1 saturated heterocycles. The molecule has 144 valence electrons. The molecule has 7 nitrogen and oxygen atoms in total. The number of amides is 1. The summed E-state index contributed by atoms with van der Waals surface area (Å²) in [4.78, 5) is 12.9. The van der Waals surface area contributed by atoms with E-state index in [-0.39, 0.29) is 11.9 Å². The van der Waals surface area contributed by atoms with Crippen molar-refractivity contribution in [3.63, 3.8) is 0 Å². The number of piperidine rings is 1. The molecule has 0 spiro atoms. The maximum atomic E-state index is 12.9. The first-order valence-corrected chi connectivity index (χ1v) is 10.7. The zero-order valence-electron chi connectivity index (χ0n) is 15.4. The van der Waals surface area contributed by atoms with Crippen molar-refractivity contribution < 1.29 is 22.7 Å². The monoisotopic (exact) mass is 382 g/mol. The van der Waals surface area contributed by atoms with Crippen molar-refractivity contribution in [3.05, 3.63) is 23.8 Å². The minimum atomic E-state index is -3.24. The van der Waals surface area contributed by atoms with E-state index < -0.39 is 15.4 Å². The van der Waals surface area contributed by atoms with E-state index in [1.807, 2.05) is 32.0 Å². The Kier molecular flexibility index (Phi) is 5.16. The molecule has 0 saturated carbocycles. The van der Waals surface area contributed by atoms with Crippen LogP contribution in [0.2, 0.25) is 0 Å². The number of fused-ring (bicyclic) bond motifs is 1. The summed E-state index contributed by atoms with van der Waals surface area (Å²) in [5.41, 5.74) is 0.0541. The highest BCUT2D eigenvalue weighted by Crippen LogP contribution is 2.35. The maximum Gasteiger partial charge on any atom is 0.230 e. The zero-order chi connectivity index (χ0) is 18.9. The van der Waals surface area contributed by atoms with E-state index in [1.54, 1.807) is 0 Å². The van der Waals surface area contributed by atoms with Crippen molar-refractivity contribution in [2.75, 3.05) is 32.6 Å². The smallest absolute Gasteiger partial charge is 0.230 e. The molecule has 26 heavy (non-hydrogen) atoms. The summed E-state index contributed by atoms with van der Waals surface area (Å²) in [6, 6.07) is 5.36. The van der Waals surface area contributed by atoms with Gasteiger partial charge < -0.3 is 14.8 Å². The number of nitrogens with one attached hydrogen (secondary N) is 1. The van der Waals surface area contributed by atoms with Gasteiger partial charge in [-0.3, -0.25) is 4.79 Å². The summed E-state index contributed by atoms with van der Waals surface area (Å²) >= 11 is 0. The third kappa shape index (κ3) is 3.96. The van der Waals surface area contributed by atoms with Gasteiger partial charge in [-0.05, 0) is 44.4 Å². The molecular weight excluding hydrogens is 356 g/mol. The summed E-state index contributed by atoms with van der Waals surface area (Å²) in [5, 5.41) is 3.02. The van der Waals surface area contributed by atoms with Crippen LogP contribution in [-0.4, -0.2) is 57.2 Å². The van der Waals surface area contributed by atoms with Crippen LogP contribution in [0.4, 0.5) is 0 Å². The van der Waals surface area contributed by atoms with Crippen molar-refractivity contribution >= 4 is 15.9 Å². The van der Waals surface area contributed by atoms with E-state index in [2.05, 4.69) is 5.32 Å².